The van der Waals surface area contributed by atoms with E-state index in [4.69, 9.17) is 4.74 Å². The van der Waals surface area contributed by atoms with Crippen molar-refractivity contribution >= 4 is 5.97 Å². The molecule has 1 aromatic rings. The maximum Gasteiger partial charge on any atom is 0.308 e. The number of phenols is 1. The average molecular weight is 266 g/mol. The van der Waals surface area contributed by atoms with Crippen LogP contribution in [0.2, 0.25) is 0 Å². The van der Waals surface area contributed by atoms with Crippen LogP contribution in [-0.2, 0) is 9.53 Å². The lowest BCUT2D eigenvalue weighted by molar-refractivity contribution is -0.149. The summed E-state index contributed by atoms with van der Waals surface area (Å²) in [5.41, 5.74) is 0.639. The number of benzene rings is 1. The van der Waals surface area contributed by atoms with E-state index in [1.54, 1.807) is 13.0 Å². The van der Waals surface area contributed by atoms with Gasteiger partial charge >= 0.3 is 5.97 Å². The SMILES string of the molecule is CCOC(=O)C1CCC(c2ccc(O)cc2F)CC1. The summed E-state index contributed by atoms with van der Waals surface area (Å²) in [5.74, 6) is -0.462. The zero-order chi connectivity index (χ0) is 13.8. The summed E-state index contributed by atoms with van der Waals surface area (Å²) < 4.78 is 18.8. The molecule has 1 N–H and O–H groups in total. The monoisotopic (exact) mass is 266 g/mol. The Morgan fingerprint density at radius 1 is 1.37 bits per heavy atom. The van der Waals surface area contributed by atoms with Crippen LogP contribution in [0.25, 0.3) is 0 Å². The lowest BCUT2D eigenvalue weighted by Gasteiger charge is -2.27. The molecule has 104 valence electrons. The molecule has 0 atom stereocenters. The van der Waals surface area contributed by atoms with Crippen LogP contribution in [0.3, 0.4) is 0 Å². The molecule has 1 aromatic carbocycles. The van der Waals surface area contributed by atoms with Gasteiger partial charge in [-0.15, -0.1) is 0 Å². The molecular formula is C15H19FO3. The molecule has 0 saturated heterocycles. The second-order valence-electron chi connectivity index (χ2n) is 5.01. The normalized spacial score (nSPS) is 23.1. The zero-order valence-electron chi connectivity index (χ0n) is 11.1. The van der Waals surface area contributed by atoms with Crippen molar-refractivity contribution < 1.29 is 19.0 Å². The van der Waals surface area contributed by atoms with Crippen LogP contribution in [0.4, 0.5) is 4.39 Å². The van der Waals surface area contributed by atoms with Crippen molar-refractivity contribution in [2.45, 2.75) is 38.5 Å². The van der Waals surface area contributed by atoms with Crippen LogP contribution in [0.1, 0.15) is 44.1 Å². The van der Waals surface area contributed by atoms with Gasteiger partial charge in [-0.3, -0.25) is 4.79 Å². The summed E-state index contributed by atoms with van der Waals surface area (Å²) in [7, 11) is 0. The van der Waals surface area contributed by atoms with Gasteiger partial charge in [0.1, 0.15) is 11.6 Å². The fourth-order valence-corrected chi connectivity index (χ4v) is 2.75. The number of phenolic OH excluding ortho intramolecular Hbond substituents is 1. The van der Waals surface area contributed by atoms with E-state index in [1.807, 2.05) is 0 Å². The number of hydrogen-bond donors (Lipinski definition) is 1. The van der Waals surface area contributed by atoms with Crippen molar-refractivity contribution in [3.8, 4) is 5.75 Å². The highest BCUT2D eigenvalue weighted by atomic mass is 19.1. The Kier molecular flexibility index (Phi) is 4.40. The molecule has 0 aliphatic heterocycles. The molecule has 3 nitrogen and oxygen atoms in total. The summed E-state index contributed by atoms with van der Waals surface area (Å²) in [5, 5.41) is 9.21. The molecule has 0 amide bonds. The van der Waals surface area contributed by atoms with Gasteiger partial charge in [0.05, 0.1) is 12.5 Å². The number of esters is 1. The third kappa shape index (κ3) is 3.25. The van der Waals surface area contributed by atoms with Crippen molar-refractivity contribution in [3.05, 3.63) is 29.6 Å². The molecule has 0 spiro atoms. The van der Waals surface area contributed by atoms with E-state index in [0.717, 1.165) is 31.7 Å². The van der Waals surface area contributed by atoms with E-state index in [1.165, 1.54) is 6.07 Å². The summed E-state index contributed by atoms with van der Waals surface area (Å²) >= 11 is 0. The molecule has 1 fully saturated rings. The van der Waals surface area contributed by atoms with Crippen LogP contribution < -0.4 is 0 Å². The highest BCUT2D eigenvalue weighted by Gasteiger charge is 2.29. The standard InChI is InChI=1S/C15H19FO3/c1-2-19-15(18)11-5-3-10(4-6-11)13-8-7-12(17)9-14(13)16/h7-11,17H,2-6H2,1H3. The second kappa shape index (κ2) is 6.04. The minimum absolute atomic E-state index is 0.0450. The number of carbonyl (C=O) groups is 1. The van der Waals surface area contributed by atoms with E-state index in [2.05, 4.69) is 0 Å². The van der Waals surface area contributed by atoms with E-state index in [0.29, 0.717) is 12.2 Å². The Bertz CT molecular complexity index is 451. The summed E-state index contributed by atoms with van der Waals surface area (Å²) in [6.45, 7) is 2.21. The number of halogens is 1. The van der Waals surface area contributed by atoms with Crippen molar-refractivity contribution in [3.63, 3.8) is 0 Å². The largest absolute Gasteiger partial charge is 0.508 e. The van der Waals surface area contributed by atoms with E-state index in [-0.39, 0.29) is 29.4 Å². The Labute approximate surface area is 112 Å². The molecule has 0 heterocycles. The highest BCUT2D eigenvalue weighted by molar-refractivity contribution is 5.72. The first-order chi connectivity index (χ1) is 9.11. The molecule has 2 rings (SSSR count). The predicted molar refractivity (Wildman–Crippen MR) is 69.4 cm³/mol. The van der Waals surface area contributed by atoms with Gasteiger partial charge < -0.3 is 9.84 Å². The van der Waals surface area contributed by atoms with Crippen LogP contribution in [0.5, 0.6) is 5.75 Å². The summed E-state index contributed by atoms with van der Waals surface area (Å²) in [6.07, 6.45) is 3.05. The van der Waals surface area contributed by atoms with Gasteiger partial charge in [0.15, 0.2) is 0 Å². The Hall–Kier alpha value is -1.58. The molecule has 1 aliphatic carbocycles. The van der Waals surface area contributed by atoms with Gasteiger partial charge in [-0.2, -0.15) is 0 Å². The van der Waals surface area contributed by atoms with Gasteiger partial charge in [-0.1, -0.05) is 6.07 Å². The minimum Gasteiger partial charge on any atom is -0.508 e. The molecule has 0 unspecified atom stereocenters. The molecule has 19 heavy (non-hydrogen) atoms. The molecule has 1 saturated carbocycles. The summed E-state index contributed by atoms with van der Waals surface area (Å²) in [6, 6.07) is 4.29. The van der Waals surface area contributed by atoms with Gasteiger partial charge in [0.2, 0.25) is 0 Å². The minimum atomic E-state index is -0.361. The zero-order valence-corrected chi connectivity index (χ0v) is 11.1. The fourth-order valence-electron chi connectivity index (χ4n) is 2.75. The number of ether oxygens (including phenoxy) is 1. The van der Waals surface area contributed by atoms with Crippen LogP contribution >= 0.6 is 0 Å². The Balaban J connectivity index is 1.98. The number of hydrogen-bond acceptors (Lipinski definition) is 3. The Morgan fingerprint density at radius 3 is 2.63 bits per heavy atom. The topological polar surface area (TPSA) is 46.5 Å². The van der Waals surface area contributed by atoms with Crippen molar-refractivity contribution in [2.75, 3.05) is 6.61 Å². The van der Waals surface area contributed by atoms with E-state index in [9.17, 15) is 14.3 Å². The lowest BCUT2D eigenvalue weighted by Crippen LogP contribution is -2.23. The van der Waals surface area contributed by atoms with E-state index < -0.39 is 0 Å². The average Bonchev–Trinajstić information content (AvgIpc) is 2.39. The lowest BCUT2D eigenvalue weighted by atomic mass is 9.78. The van der Waals surface area contributed by atoms with Gasteiger partial charge in [0.25, 0.3) is 0 Å². The Morgan fingerprint density at radius 2 is 2.05 bits per heavy atom. The van der Waals surface area contributed by atoms with Crippen molar-refractivity contribution in [1.82, 2.24) is 0 Å². The third-order valence-corrected chi connectivity index (χ3v) is 3.77. The second-order valence-corrected chi connectivity index (χ2v) is 5.01. The van der Waals surface area contributed by atoms with Gasteiger partial charge in [-0.05, 0) is 50.2 Å². The van der Waals surface area contributed by atoms with Gasteiger partial charge in [-0.25, -0.2) is 4.39 Å². The molecule has 1 aliphatic rings. The first kappa shape index (κ1) is 13.8. The smallest absolute Gasteiger partial charge is 0.308 e. The maximum absolute atomic E-state index is 13.8. The highest BCUT2D eigenvalue weighted by Crippen LogP contribution is 2.37. The maximum atomic E-state index is 13.8. The predicted octanol–water partition coefficient (Wildman–Crippen LogP) is 3.37. The van der Waals surface area contributed by atoms with Crippen LogP contribution in [0.15, 0.2) is 18.2 Å². The molecular weight excluding hydrogens is 247 g/mol. The number of rotatable bonds is 3. The molecule has 4 heteroatoms. The molecule has 0 bridgehead atoms. The van der Waals surface area contributed by atoms with Crippen molar-refractivity contribution in [1.29, 1.82) is 0 Å². The van der Waals surface area contributed by atoms with Crippen molar-refractivity contribution in [2.24, 2.45) is 5.92 Å². The van der Waals surface area contributed by atoms with Gasteiger partial charge in [0, 0.05) is 6.07 Å². The first-order valence-corrected chi connectivity index (χ1v) is 6.76. The third-order valence-electron chi connectivity index (χ3n) is 3.77. The quantitative estimate of drug-likeness (QED) is 0.853. The number of carbonyl (C=O) groups excluding carboxylic acids is 1. The fraction of sp³-hybridized carbons (Fsp3) is 0.533. The first-order valence-electron chi connectivity index (χ1n) is 6.76. The molecule has 0 radical (unpaired) electrons. The number of aromatic hydroxyl groups is 1. The van der Waals surface area contributed by atoms with Crippen LogP contribution in [0, 0.1) is 11.7 Å². The summed E-state index contributed by atoms with van der Waals surface area (Å²) in [4.78, 5) is 11.6. The molecule has 0 aromatic heterocycles. The van der Waals surface area contributed by atoms with E-state index >= 15 is 0 Å². The van der Waals surface area contributed by atoms with Crippen LogP contribution in [-0.4, -0.2) is 17.7 Å².